The van der Waals surface area contributed by atoms with Crippen LogP contribution in [-0.4, -0.2) is 56.0 Å². The number of ether oxygens (including phenoxy) is 4. The van der Waals surface area contributed by atoms with E-state index >= 15 is 8.78 Å². The van der Waals surface area contributed by atoms with Crippen molar-refractivity contribution in [2.24, 2.45) is 0 Å². The Kier molecular flexibility index (Phi) is 10.3. The highest BCUT2D eigenvalue weighted by Crippen LogP contribution is 2.43. The molecule has 2 aromatic heterocycles. The van der Waals surface area contributed by atoms with E-state index in [0.29, 0.717) is 23.4 Å². The molecule has 0 atom stereocenters. The summed E-state index contributed by atoms with van der Waals surface area (Å²) in [5.41, 5.74) is -1.49. The Labute approximate surface area is 274 Å². The zero-order valence-electron chi connectivity index (χ0n) is 27.0. The standard InChI is InChI=1S/C34H36F6N2O5Si/c1-44-29-16-22(5-6-25(29)34(38,39)40)24-17-42(20-45-11-12-48(2,3)4)32-30(24)28(8-10-41-32)47-31-26(35)14-21(15-27(31)36)13-23(43)7-9-33(37)18-46-19-33/h5-6,8,10,14-17H,7,9,11-13,18-20H2,1-4H3. The molecule has 2 aromatic carbocycles. The number of rotatable bonds is 14. The SMILES string of the molecule is COc1cc(-c2cn(COCC[Si](C)(C)C)c3nccc(Oc4c(F)cc(CC(=O)CCC5(F)COC5)cc4F)c23)ccc1C(F)(F)F. The first kappa shape index (κ1) is 35.4. The van der Waals surface area contributed by atoms with Crippen molar-refractivity contribution < 1.29 is 50.1 Å². The molecule has 5 rings (SSSR count). The van der Waals surface area contributed by atoms with Crippen LogP contribution in [0.25, 0.3) is 22.2 Å². The molecule has 258 valence electrons. The molecular formula is C34H36F6N2O5Si. The van der Waals surface area contributed by atoms with Crippen LogP contribution in [-0.2, 0) is 33.6 Å². The van der Waals surface area contributed by atoms with Gasteiger partial charge in [-0.1, -0.05) is 25.7 Å². The molecular weight excluding hydrogens is 658 g/mol. The molecule has 14 heteroatoms. The molecule has 0 amide bonds. The number of nitrogens with zero attached hydrogens (tertiary/aromatic N) is 2. The van der Waals surface area contributed by atoms with Gasteiger partial charge in [-0.25, -0.2) is 18.2 Å². The number of pyridine rings is 1. The van der Waals surface area contributed by atoms with E-state index in [0.717, 1.165) is 31.4 Å². The predicted molar refractivity (Wildman–Crippen MR) is 170 cm³/mol. The number of hydrogen-bond donors (Lipinski definition) is 0. The fourth-order valence-electron chi connectivity index (χ4n) is 5.29. The zero-order chi connectivity index (χ0) is 34.9. The number of Topliss-reactive ketones (excluding diaryl/α,β-unsaturated/α-hetero) is 1. The quantitative estimate of drug-likeness (QED) is 0.0747. The monoisotopic (exact) mass is 694 g/mol. The molecule has 0 saturated carbocycles. The van der Waals surface area contributed by atoms with Crippen LogP contribution >= 0.6 is 0 Å². The molecule has 1 saturated heterocycles. The topological polar surface area (TPSA) is 71.8 Å². The Morgan fingerprint density at radius 2 is 1.77 bits per heavy atom. The largest absolute Gasteiger partial charge is 0.496 e. The first-order valence-electron chi connectivity index (χ1n) is 15.3. The normalized spacial score (nSPS) is 14.6. The van der Waals surface area contributed by atoms with E-state index in [1.807, 2.05) is 0 Å². The Balaban J connectivity index is 1.48. The molecule has 1 aliphatic heterocycles. The maximum atomic E-state index is 15.4. The lowest BCUT2D eigenvalue weighted by atomic mass is 9.95. The smallest absolute Gasteiger partial charge is 0.419 e. The Hall–Kier alpha value is -3.88. The number of methoxy groups -OCH3 is 1. The number of hydrogen-bond acceptors (Lipinski definition) is 6. The van der Waals surface area contributed by atoms with E-state index in [4.69, 9.17) is 18.9 Å². The van der Waals surface area contributed by atoms with E-state index in [9.17, 15) is 22.4 Å². The highest BCUT2D eigenvalue weighted by atomic mass is 28.3. The molecule has 48 heavy (non-hydrogen) atoms. The first-order valence-corrected chi connectivity index (χ1v) is 19.0. The lowest BCUT2D eigenvalue weighted by molar-refractivity contribution is -0.139. The second kappa shape index (κ2) is 13.9. The molecule has 0 aliphatic carbocycles. The number of carbonyl (C=O) groups excluding carboxylic acids is 1. The summed E-state index contributed by atoms with van der Waals surface area (Å²) in [7, 11) is -0.272. The van der Waals surface area contributed by atoms with Crippen molar-refractivity contribution in [2.75, 3.05) is 26.9 Å². The molecule has 3 heterocycles. The number of carbonyl (C=O) groups is 1. The molecule has 0 bridgehead atoms. The van der Waals surface area contributed by atoms with Crippen LogP contribution in [0.4, 0.5) is 26.3 Å². The van der Waals surface area contributed by atoms with Crippen LogP contribution in [0.2, 0.25) is 25.7 Å². The second-order valence-corrected chi connectivity index (χ2v) is 18.8. The van der Waals surface area contributed by atoms with Gasteiger partial charge in [-0.3, -0.25) is 4.79 Å². The molecule has 0 radical (unpaired) electrons. The van der Waals surface area contributed by atoms with E-state index in [1.54, 1.807) is 10.8 Å². The Morgan fingerprint density at radius 3 is 2.38 bits per heavy atom. The first-order chi connectivity index (χ1) is 22.6. The van der Waals surface area contributed by atoms with Gasteiger partial charge < -0.3 is 23.5 Å². The minimum Gasteiger partial charge on any atom is -0.496 e. The van der Waals surface area contributed by atoms with Gasteiger partial charge in [0.1, 0.15) is 29.7 Å². The van der Waals surface area contributed by atoms with Crippen molar-refractivity contribution in [1.29, 1.82) is 0 Å². The molecule has 0 spiro atoms. The van der Waals surface area contributed by atoms with Crippen molar-refractivity contribution >= 4 is 24.9 Å². The van der Waals surface area contributed by atoms with Gasteiger partial charge in [-0.2, -0.15) is 13.2 Å². The van der Waals surface area contributed by atoms with Gasteiger partial charge in [0, 0.05) is 45.5 Å². The summed E-state index contributed by atoms with van der Waals surface area (Å²) < 4.78 is 109. The average molecular weight is 695 g/mol. The fourth-order valence-corrected chi connectivity index (χ4v) is 6.05. The summed E-state index contributed by atoms with van der Waals surface area (Å²) in [5.74, 6) is -3.72. The molecule has 7 nitrogen and oxygen atoms in total. The third-order valence-electron chi connectivity index (χ3n) is 8.01. The van der Waals surface area contributed by atoms with Crippen molar-refractivity contribution in [3.8, 4) is 28.4 Å². The summed E-state index contributed by atoms with van der Waals surface area (Å²) >= 11 is 0. The third kappa shape index (κ3) is 8.21. The zero-order valence-corrected chi connectivity index (χ0v) is 28.0. The van der Waals surface area contributed by atoms with Crippen LogP contribution < -0.4 is 9.47 Å². The van der Waals surface area contributed by atoms with Crippen LogP contribution in [0.5, 0.6) is 17.2 Å². The number of ketones is 1. The van der Waals surface area contributed by atoms with Crippen LogP contribution in [0.15, 0.2) is 48.8 Å². The van der Waals surface area contributed by atoms with Gasteiger partial charge in [-0.05, 0) is 53.9 Å². The fraction of sp³-hybridized carbons (Fsp3) is 0.412. The van der Waals surface area contributed by atoms with E-state index < -0.39 is 48.6 Å². The summed E-state index contributed by atoms with van der Waals surface area (Å²) in [6, 6.07) is 7.62. The van der Waals surface area contributed by atoms with Crippen molar-refractivity contribution in [2.45, 2.75) is 63.5 Å². The second-order valence-electron chi connectivity index (χ2n) is 13.1. The number of aromatic nitrogens is 2. The summed E-state index contributed by atoms with van der Waals surface area (Å²) in [6.45, 7) is 6.98. The minimum absolute atomic E-state index is 0.0210. The highest BCUT2D eigenvalue weighted by molar-refractivity contribution is 6.76. The predicted octanol–water partition coefficient (Wildman–Crippen LogP) is 8.74. The number of fused-ring (bicyclic) bond motifs is 1. The molecule has 4 aromatic rings. The Bertz CT molecular complexity index is 1780. The highest BCUT2D eigenvalue weighted by Gasteiger charge is 2.38. The van der Waals surface area contributed by atoms with Crippen LogP contribution in [0.3, 0.4) is 0 Å². The van der Waals surface area contributed by atoms with E-state index in [1.165, 1.54) is 24.4 Å². The van der Waals surface area contributed by atoms with Crippen molar-refractivity contribution in [3.63, 3.8) is 0 Å². The summed E-state index contributed by atoms with van der Waals surface area (Å²) in [4.78, 5) is 16.8. The molecule has 1 fully saturated rings. The average Bonchev–Trinajstić information content (AvgIpc) is 3.37. The molecule has 0 unspecified atom stereocenters. The minimum atomic E-state index is -4.66. The Morgan fingerprint density at radius 1 is 1.06 bits per heavy atom. The lowest BCUT2D eigenvalue weighted by Gasteiger charge is -2.33. The van der Waals surface area contributed by atoms with Gasteiger partial charge in [-0.15, -0.1) is 0 Å². The van der Waals surface area contributed by atoms with Crippen molar-refractivity contribution in [3.05, 3.63) is 71.6 Å². The van der Waals surface area contributed by atoms with Crippen LogP contribution in [0, 0.1) is 11.6 Å². The maximum Gasteiger partial charge on any atom is 0.419 e. The summed E-state index contributed by atoms with van der Waals surface area (Å²) in [5, 5.41) is 0.270. The van der Waals surface area contributed by atoms with Gasteiger partial charge in [0.25, 0.3) is 0 Å². The number of benzene rings is 2. The molecule has 1 aliphatic rings. The van der Waals surface area contributed by atoms with Gasteiger partial charge in [0.05, 0.1) is 31.3 Å². The maximum absolute atomic E-state index is 15.4. The summed E-state index contributed by atoms with van der Waals surface area (Å²) in [6.07, 6.45) is -2.10. The van der Waals surface area contributed by atoms with E-state index in [-0.39, 0.29) is 61.7 Å². The van der Waals surface area contributed by atoms with Gasteiger partial charge in [0.15, 0.2) is 23.1 Å². The molecule has 0 N–H and O–H groups in total. The number of alkyl halides is 4. The lowest BCUT2D eigenvalue weighted by Crippen LogP contribution is -2.45. The van der Waals surface area contributed by atoms with Gasteiger partial charge in [0.2, 0.25) is 0 Å². The third-order valence-corrected chi connectivity index (χ3v) is 9.71. The van der Waals surface area contributed by atoms with Gasteiger partial charge >= 0.3 is 6.18 Å². The van der Waals surface area contributed by atoms with Crippen molar-refractivity contribution in [1.82, 2.24) is 9.55 Å². The van der Waals surface area contributed by atoms with Crippen LogP contribution in [0.1, 0.15) is 24.0 Å². The number of halogens is 6. The van der Waals surface area contributed by atoms with E-state index in [2.05, 4.69) is 24.6 Å².